The maximum atomic E-state index is 12.1. The average Bonchev–Trinajstić information content (AvgIpc) is 2.68. The summed E-state index contributed by atoms with van der Waals surface area (Å²) >= 11 is 1.22. The topological polar surface area (TPSA) is 72.9 Å². The fourth-order valence-electron chi connectivity index (χ4n) is 2.11. The molecule has 0 spiro atoms. The van der Waals surface area contributed by atoms with Gasteiger partial charge in [0.25, 0.3) is 0 Å². The zero-order chi connectivity index (χ0) is 15.5. The van der Waals surface area contributed by atoms with Crippen molar-refractivity contribution in [2.24, 2.45) is 0 Å². The summed E-state index contributed by atoms with van der Waals surface area (Å²) in [6.07, 6.45) is -0.268. The summed E-state index contributed by atoms with van der Waals surface area (Å²) in [6, 6.07) is -0.755. The molecule has 0 aliphatic carbocycles. The van der Waals surface area contributed by atoms with E-state index in [-0.39, 0.29) is 18.6 Å². The Morgan fingerprint density at radius 3 is 2.45 bits per heavy atom. The Kier molecular flexibility index (Phi) is 5.44. The van der Waals surface area contributed by atoms with Gasteiger partial charge in [-0.1, -0.05) is 0 Å². The summed E-state index contributed by atoms with van der Waals surface area (Å²) in [4.78, 5) is 36.1. The highest BCUT2D eigenvalue weighted by Crippen LogP contribution is 2.40. The number of amides is 1. The third-order valence-corrected chi connectivity index (χ3v) is 4.32. The molecule has 0 aromatic heterocycles. The molecule has 114 valence electrons. The summed E-state index contributed by atoms with van der Waals surface area (Å²) in [5, 5.41) is 0. The van der Waals surface area contributed by atoms with Crippen LogP contribution < -0.4 is 0 Å². The lowest BCUT2D eigenvalue weighted by Gasteiger charge is -2.33. The molecule has 1 fully saturated rings. The van der Waals surface area contributed by atoms with Crippen LogP contribution in [0.15, 0.2) is 0 Å². The van der Waals surface area contributed by atoms with E-state index < -0.39 is 22.9 Å². The normalized spacial score (nSPS) is 25.7. The quantitative estimate of drug-likeness (QED) is 0.726. The molecule has 2 atom stereocenters. The van der Waals surface area contributed by atoms with Crippen molar-refractivity contribution in [3.05, 3.63) is 0 Å². The fraction of sp³-hybridized carbons (Fsp3) is 0.769. The molecule has 0 bridgehead atoms. The van der Waals surface area contributed by atoms with Gasteiger partial charge in [-0.2, -0.15) is 0 Å². The van der Waals surface area contributed by atoms with E-state index in [4.69, 9.17) is 9.47 Å². The van der Waals surface area contributed by atoms with Crippen LogP contribution >= 0.6 is 11.8 Å². The van der Waals surface area contributed by atoms with Crippen LogP contribution in [0, 0.1) is 0 Å². The van der Waals surface area contributed by atoms with Crippen molar-refractivity contribution in [1.29, 1.82) is 0 Å². The first-order valence-corrected chi connectivity index (χ1v) is 7.54. The Bertz CT molecular complexity index is 412. The minimum atomic E-state index is -1.18. The van der Waals surface area contributed by atoms with Gasteiger partial charge >= 0.3 is 11.9 Å². The number of carbonyl (C=O) groups is 3. The maximum absolute atomic E-state index is 12.1. The van der Waals surface area contributed by atoms with Gasteiger partial charge in [-0.05, 0) is 27.7 Å². The molecule has 1 saturated heterocycles. The molecule has 7 heteroatoms. The molecule has 1 aliphatic heterocycles. The number of nitrogens with zero attached hydrogens (tertiary/aromatic N) is 1. The zero-order valence-electron chi connectivity index (χ0n) is 12.5. The molecule has 20 heavy (non-hydrogen) atoms. The Balaban J connectivity index is 2.99. The second kappa shape index (κ2) is 6.47. The number of rotatable bonds is 4. The van der Waals surface area contributed by atoms with Gasteiger partial charge in [0.05, 0.1) is 12.7 Å². The number of carbonyl (C=O) groups excluding carboxylic acids is 3. The highest BCUT2D eigenvalue weighted by atomic mass is 32.2. The Morgan fingerprint density at radius 1 is 1.40 bits per heavy atom. The molecule has 1 aliphatic rings. The van der Waals surface area contributed by atoms with Crippen LogP contribution in [-0.4, -0.2) is 52.1 Å². The van der Waals surface area contributed by atoms with E-state index in [1.807, 2.05) is 0 Å². The van der Waals surface area contributed by atoms with Gasteiger partial charge in [0.2, 0.25) is 5.91 Å². The zero-order valence-corrected chi connectivity index (χ0v) is 13.3. The van der Waals surface area contributed by atoms with Gasteiger partial charge in [0.1, 0.15) is 6.04 Å². The van der Waals surface area contributed by atoms with Crippen LogP contribution in [0.5, 0.6) is 0 Å². The lowest BCUT2D eigenvalue weighted by atomic mass is 10.2. The van der Waals surface area contributed by atoms with Crippen molar-refractivity contribution >= 4 is 29.6 Å². The summed E-state index contributed by atoms with van der Waals surface area (Å²) in [6.45, 7) is 8.33. The van der Waals surface area contributed by atoms with Crippen molar-refractivity contribution in [1.82, 2.24) is 4.90 Å². The van der Waals surface area contributed by atoms with Gasteiger partial charge in [0.15, 0.2) is 4.87 Å². The van der Waals surface area contributed by atoms with Crippen molar-refractivity contribution in [3.8, 4) is 0 Å². The molecular formula is C13H21NO5S. The third-order valence-electron chi connectivity index (χ3n) is 2.91. The first kappa shape index (κ1) is 16.8. The SMILES string of the molecule is CCOC(=O)C1(C)SC[C@@H](C(=O)OC(C)C)N1C(C)=O. The molecule has 1 rings (SSSR count). The van der Waals surface area contributed by atoms with Gasteiger partial charge < -0.3 is 14.4 Å². The van der Waals surface area contributed by atoms with Crippen LogP contribution in [0.1, 0.15) is 34.6 Å². The minimum absolute atomic E-state index is 0.224. The number of hydrogen-bond acceptors (Lipinski definition) is 6. The first-order valence-electron chi connectivity index (χ1n) is 6.55. The van der Waals surface area contributed by atoms with E-state index in [0.717, 1.165) is 0 Å². The van der Waals surface area contributed by atoms with E-state index in [1.54, 1.807) is 27.7 Å². The summed E-state index contributed by atoms with van der Waals surface area (Å²) < 4.78 is 10.2. The highest BCUT2D eigenvalue weighted by molar-refractivity contribution is 8.01. The van der Waals surface area contributed by atoms with Gasteiger partial charge in [-0.3, -0.25) is 4.79 Å². The van der Waals surface area contributed by atoms with E-state index in [1.165, 1.54) is 23.6 Å². The number of thioether (sulfide) groups is 1. The minimum Gasteiger partial charge on any atom is -0.464 e. The number of esters is 2. The Labute approximate surface area is 123 Å². The van der Waals surface area contributed by atoms with E-state index >= 15 is 0 Å². The van der Waals surface area contributed by atoms with E-state index in [2.05, 4.69) is 0 Å². The molecule has 1 heterocycles. The molecule has 0 saturated carbocycles. The van der Waals surface area contributed by atoms with Crippen molar-refractivity contribution in [2.75, 3.05) is 12.4 Å². The maximum Gasteiger partial charge on any atom is 0.342 e. The molecule has 6 nitrogen and oxygen atoms in total. The van der Waals surface area contributed by atoms with Gasteiger partial charge in [-0.15, -0.1) is 11.8 Å². The predicted molar refractivity (Wildman–Crippen MR) is 75.0 cm³/mol. The van der Waals surface area contributed by atoms with Crippen LogP contribution in [0.3, 0.4) is 0 Å². The Hall–Kier alpha value is -1.24. The molecule has 1 amide bonds. The van der Waals surface area contributed by atoms with Crippen LogP contribution in [0.25, 0.3) is 0 Å². The second-order valence-electron chi connectivity index (χ2n) is 4.90. The smallest absolute Gasteiger partial charge is 0.342 e. The Morgan fingerprint density at radius 2 is 2.00 bits per heavy atom. The van der Waals surface area contributed by atoms with Gasteiger partial charge in [0, 0.05) is 12.7 Å². The first-order chi connectivity index (χ1) is 9.24. The van der Waals surface area contributed by atoms with Crippen molar-refractivity contribution < 1.29 is 23.9 Å². The second-order valence-corrected chi connectivity index (χ2v) is 6.32. The van der Waals surface area contributed by atoms with E-state index in [9.17, 15) is 14.4 Å². The standard InChI is InChI=1S/C13H21NO5S/c1-6-18-12(17)13(5)14(9(4)15)10(7-20-13)11(16)19-8(2)3/h8,10H,6-7H2,1-5H3/t10-,13?/m0/s1. The molecular weight excluding hydrogens is 282 g/mol. The lowest BCUT2D eigenvalue weighted by molar-refractivity contribution is -0.164. The molecule has 0 N–H and O–H groups in total. The van der Waals surface area contributed by atoms with Gasteiger partial charge in [-0.25, -0.2) is 9.59 Å². The third kappa shape index (κ3) is 3.26. The van der Waals surface area contributed by atoms with E-state index in [0.29, 0.717) is 5.75 Å². The predicted octanol–water partition coefficient (Wildman–Crippen LogP) is 1.18. The molecule has 0 radical (unpaired) electrons. The number of hydrogen-bond donors (Lipinski definition) is 0. The summed E-state index contributed by atoms with van der Waals surface area (Å²) in [5.41, 5.74) is 0. The molecule has 0 aromatic carbocycles. The number of ether oxygens (including phenoxy) is 2. The lowest BCUT2D eigenvalue weighted by Crippen LogP contribution is -2.55. The molecule has 0 aromatic rings. The van der Waals surface area contributed by atoms with Crippen LogP contribution in [0.2, 0.25) is 0 Å². The summed E-state index contributed by atoms with van der Waals surface area (Å²) in [7, 11) is 0. The van der Waals surface area contributed by atoms with Crippen LogP contribution in [0.4, 0.5) is 0 Å². The van der Waals surface area contributed by atoms with Crippen LogP contribution in [-0.2, 0) is 23.9 Å². The monoisotopic (exact) mass is 303 g/mol. The average molecular weight is 303 g/mol. The highest BCUT2D eigenvalue weighted by Gasteiger charge is 2.54. The van der Waals surface area contributed by atoms with Crippen molar-refractivity contribution in [3.63, 3.8) is 0 Å². The largest absolute Gasteiger partial charge is 0.464 e. The molecule has 1 unspecified atom stereocenters. The fourth-order valence-corrected chi connectivity index (χ4v) is 3.45. The summed E-state index contributed by atoms with van der Waals surface area (Å²) in [5.74, 6) is -1.03. The van der Waals surface area contributed by atoms with Crippen molar-refractivity contribution in [2.45, 2.75) is 51.6 Å².